The minimum atomic E-state index is -0.481. The third-order valence-electron chi connectivity index (χ3n) is 6.11. The molecule has 0 radical (unpaired) electrons. The van der Waals surface area contributed by atoms with Gasteiger partial charge >= 0.3 is 0 Å². The summed E-state index contributed by atoms with van der Waals surface area (Å²) in [5.74, 6) is 1.88. The van der Waals surface area contributed by atoms with Crippen LogP contribution < -0.4 is 5.73 Å². The number of hydrogen-bond donors (Lipinski definition) is 2. The number of nitrogens with zero attached hydrogens (tertiary/aromatic N) is 1. The van der Waals surface area contributed by atoms with E-state index in [0.717, 1.165) is 38.6 Å². The maximum absolute atomic E-state index is 12.4. The van der Waals surface area contributed by atoms with Crippen LogP contribution in [0, 0.1) is 17.8 Å². The summed E-state index contributed by atoms with van der Waals surface area (Å²) >= 11 is 0. The van der Waals surface area contributed by atoms with E-state index in [9.17, 15) is 9.90 Å². The zero-order valence-corrected chi connectivity index (χ0v) is 11.5. The first-order valence-corrected chi connectivity index (χ1v) is 7.75. The third-order valence-corrected chi connectivity index (χ3v) is 6.11. The molecule has 3 unspecified atom stereocenters. The lowest BCUT2D eigenvalue weighted by Crippen LogP contribution is -2.65. The summed E-state index contributed by atoms with van der Waals surface area (Å²) in [6.45, 7) is 1.43. The molecule has 19 heavy (non-hydrogen) atoms. The summed E-state index contributed by atoms with van der Waals surface area (Å²) in [6.07, 6.45) is 6.87. The fraction of sp³-hybridized carbons (Fsp3) is 0.933. The van der Waals surface area contributed by atoms with E-state index < -0.39 is 5.60 Å². The molecule has 5 fully saturated rings. The summed E-state index contributed by atoms with van der Waals surface area (Å²) in [7, 11) is 0. The van der Waals surface area contributed by atoms with Crippen molar-refractivity contribution in [1.82, 2.24) is 4.90 Å². The van der Waals surface area contributed by atoms with Crippen LogP contribution in [0.4, 0.5) is 0 Å². The van der Waals surface area contributed by atoms with Gasteiger partial charge in [-0.2, -0.15) is 0 Å². The first-order valence-electron chi connectivity index (χ1n) is 7.75. The summed E-state index contributed by atoms with van der Waals surface area (Å²) in [5, 5.41) is 10.8. The average molecular weight is 264 g/mol. The van der Waals surface area contributed by atoms with Crippen molar-refractivity contribution in [3.63, 3.8) is 0 Å². The molecule has 4 heteroatoms. The molecule has 0 aromatic rings. The van der Waals surface area contributed by atoms with Crippen LogP contribution >= 0.6 is 0 Å². The van der Waals surface area contributed by atoms with Gasteiger partial charge in [0.2, 0.25) is 5.91 Å². The molecule has 1 amide bonds. The van der Waals surface area contributed by atoms with Crippen molar-refractivity contribution in [3.8, 4) is 0 Å². The lowest BCUT2D eigenvalue weighted by molar-refractivity contribution is -0.179. The third kappa shape index (κ3) is 1.69. The largest absolute Gasteiger partial charge is 0.390 e. The molecule has 3 atom stereocenters. The first-order chi connectivity index (χ1) is 9.02. The number of likely N-dealkylation sites (tertiary alicyclic amines) is 1. The summed E-state index contributed by atoms with van der Waals surface area (Å²) in [5.41, 5.74) is 5.24. The molecule has 5 aliphatic rings. The summed E-state index contributed by atoms with van der Waals surface area (Å²) in [6, 6.07) is 0. The Morgan fingerprint density at radius 3 is 2.47 bits per heavy atom. The smallest absolute Gasteiger partial charge is 0.223 e. The van der Waals surface area contributed by atoms with Gasteiger partial charge in [0, 0.05) is 18.5 Å². The molecule has 1 heterocycles. The average Bonchev–Trinajstić information content (AvgIpc) is 2.68. The number of carbonyl (C=O) groups is 1. The highest BCUT2D eigenvalue weighted by atomic mass is 16.3. The highest BCUT2D eigenvalue weighted by Gasteiger charge is 2.60. The van der Waals surface area contributed by atoms with E-state index in [-0.39, 0.29) is 11.4 Å². The van der Waals surface area contributed by atoms with Crippen LogP contribution in [0.25, 0.3) is 0 Å². The van der Waals surface area contributed by atoms with Gasteiger partial charge in [0.1, 0.15) is 0 Å². The summed E-state index contributed by atoms with van der Waals surface area (Å²) < 4.78 is 0. The van der Waals surface area contributed by atoms with Crippen LogP contribution in [0.2, 0.25) is 0 Å². The van der Waals surface area contributed by atoms with Crippen molar-refractivity contribution in [2.24, 2.45) is 23.5 Å². The Morgan fingerprint density at radius 2 is 1.95 bits per heavy atom. The number of carbonyl (C=O) groups excluding carboxylic acids is 1. The zero-order valence-electron chi connectivity index (χ0n) is 11.5. The molecule has 0 aromatic carbocycles. The zero-order chi connectivity index (χ0) is 13.3. The second-order valence-corrected chi connectivity index (χ2v) is 7.72. The number of amides is 1. The number of rotatable bonds is 2. The molecule has 106 valence electrons. The van der Waals surface area contributed by atoms with Gasteiger partial charge in [0.25, 0.3) is 0 Å². The fourth-order valence-corrected chi connectivity index (χ4v) is 5.88. The van der Waals surface area contributed by atoms with E-state index in [0.29, 0.717) is 30.7 Å². The molecular weight excluding hydrogens is 240 g/mol. The Kier molecular flexibility index (Phi) is 2.39. The van der Waals surface area contributed by atoms with Gasteiger partial charge in [-0.25, -0.2) is 0 Å². The van der Waals surface area contributed by atoms with Gasteiger partial charge in [-0.15, -0.1) is 0 Å². The van der Waals surface area contributed by atoms with Crippen LogP contribution in [0.3, 0.4) is 0 Å². The van der Waals surface area contributed by atoms with Crippen molar-refractivity contribution in [2.45, 2.75) is 56.1 Å². The minimum absolute atomic E-state index is 0.0279. The van der Waals surface area contributed by atoms with Gasteiger partial charge in [-0.05, 0) is 62.8 Å². The van der Waals surface area contributed by atoms with Crippen molar-refractivity contribution in [3.05, 3.63) is 0 Å². The number of hydrogen-bond acceptors (Lipinski definition) is 3. The first kappa shape index (κ1) is 12.2. The van der Waals surface area contributed by atoms with Crippen molar-refractivity contribution in [2.75, 3.05) is 13.1 Å². The second kappa shape index (κ2) is 3.73. The van der Waals surface area contributed by atoms with Crippen LogP contribution in [0.5, 0.6) is 0 Å². The Bertz CT molecular complexity index is 408. The number of aliphatic hydroxyl groups is 1. The van der Waals surface area contributed by atoms with Gasteiger partial charge in [-0.3, -0.25) is 4.79 Å². The molecule has 4 saturated carbocycles. The maximum Gasteiger partial charge on any atom is 0.223 e. The highest BCUT2D eigenvalue weighted by molar-refractivity contribution is 5.79. The highest BCUT2D eigenvalue weighted by Crippen LogP contribution is 2.60. The molecule has 1 saturated heterocycles. The van der Waals surface area contributed by atoms with E-state index >= 15 is 0 Å². The van der Waals surface area contributed by atoms with E-state index in [1.165, 1.54) is 6.42 Å². The maximum atomic E-state index is 12.4. The molecule has 4 aliphatic carbocycles. The van der Waals surface area contributed by atoms with Gasteiger partial charge in [0.15, 0.2) is 0 Å². The van der Waals surface area contributed by atoms with Crippen molar-refractivity contribution in [1.29, 1.82) is 0 Å². The Hall–Kier alpha value is -0.610. The van der Waals surface area contributed by atoms with Crippen molar-refractivity contribution >= 4 is 5.91 Å². The fourth-order valence-electron chi connectivity index (χ4n) is 5.88. The van der Waals surface area contributed by atoms with Gasteiger partial charge in [-0.1, -0.05) is 0 Å². The summed E-state index contributed by atoms with van der Waals surface area (Å²) in [4.78, 5) is 14.5. The SMILES string of the molecule is NCC1CC(=O)N(C23CC4CC(CC(O)(C4)C2)C3)C1. The van der Waals surface area contributed by atoms with Gasteiger partial charge in [0.05, 0.1) is 5.60 Å². The predicted octanol–water partition coefficient (Wildman–Crippen LogP) is 0.877. The standard InChI is InChI=1S/C15H24N2O2/c16-7-12-2-13(18)17(8-12)14-3-10-1-11(4-14)6-15(19,5-10)9-14/h10-12,19H,1-9,16H2. The van der Waals surface area contributed by atoms with Crippen molar-refractivity contribution < 1.29 is 9.90 Å². The monoisotopic (exact) mass is 264 g/mol. The van der Waals surface area contributed by atoms with E-state index in [2.05, 4.69) is 4.90 Å². The molecule has 4 bridgehead atoms. The Labute approximate surface area is 114 Å². The minimum Gasteiger partial charge on any atom is -0.390 e. The molecule has 4 nitrogen and oxygen atoms in total. The van der Waals surface area contributed by atoms with E-state index in [1.807, 2.05) is 0 Å². The Morgan fingerprint density at radius 1 is 1.26 bits per heavy atom. The van der Waals surface area contributed by atoms with E-state index in [1.54, 1.807) is 0 Å². The lowest BCUT2D eigenvalue weighted by atomic mass is 9.50. The Balaban J connectivity index is 1.65. The van der Waals surface area contributed by atoms with E-state index in [4.69, 9.17) is 5.73 Å². The second-order valence-electron chi connectivity index (χ2n) is 7.72. The number of nitrogens with two attached hydrogens (primary N) is 1. The van der Waals surface area contributed by atoms with Gasteiger partial charge < -0.3 is 15.7 Å². The van der Waals surface area contributed by atoms with Crippen LogP contribution in [-0.2, 0) is 4.79 Å². The molecule has 3 N–H and O–H groups in total. The van der Waals surface area contributed by atoms with Crippen LogP contribution in [0.1, 0.15) is 44.9 Å². The molecule has 0 spiro atoms. The normalized spacial score (nSPS) is 52.2. The molecule has 0 aromatic heterocycles. The topological polar surface area (TPSA) is 66.6 Å². The quantitative estimate of drug-likeness (QED) is 0.778. The molecule has 5 rings (SSSR count). The van der Waals surface area contributed by atoms with Crippen LogP contribution in [-0.4, -0.2) is 40.1 Å². The van der Waals surface area contributed by atoms with Crippen LogP contribution in [0.15, 0.2) is 0 Å². The predicted molar refractivity (Wildman–Crippen MR) is 71.2 cm³/mol. The molecular formula is C15H24N2O2. The molecule has 1 aliphatic heterocycles. The lowest BCUT2D eigenvalue weighted by Gasteiger charge is -2.62.